The summed E-state index contributed by atoms with van der Waals surface area (Å²) in [4.78, 5) is 11.8. The van der Waals surface area contributed by atoms with Gasteiger partial charge >= 0.3 is 0 Å². The second-order valence-corrected chi connectivity index (χ2v) is 6.33. The van der Waals surface area contributed by atoms with Crippen LogP contribution in [0.4, 0.5) is 0 Å². The third kappa shape index (κ3) is 4.23. The zero-order valence-electron chi connectivity index (χ0n) is 10.8. The predicted molar refractivity (Wildman–Crippen MR) is 82.0 cm³/mol. The standard InChI is InChI=1S/C13H20N2OS2/c1-13(2,18-17)11-6-4-10(5-7-11)12(16)15-9-3-8-14/h4-7,17H,3,8-9,14H2,1-2H3,(H,15,16). The van der Waals surface area contributed by atoms with Crippen molar-refractivity contribution in [3.8, 4) is 0 Å². The smallest absolute Gasteiger partial charge is 0.251 e. The van der Waals surface area contributed by atoms with Crippen LogP contribution in [0.5, 0.6) is 0 Å². The number of rotatable bonds is 6. The highest BCUT2D eigenvalue weighted by atomic mass is 33.1. The van der Waals surface area contributed by atoms with Crippen LogP contribution in [-0.4, -0.2) is 19.0 Å². The van der Waals surface area contributed by atoms with Crippen LogP contribution in [0.3, 0.4) is 0 Å². The lowest BCUT2D eigenvalue weighted by Gasteiger charge is -2.21. The summed E-state index contributed by atoms with van der Waals surface area (Å²) in [7, 11) is 1.49. The van der Waals surface area contributed by atoms with Gasteiger partial charge in [-0.1, -0.05) is 22.9 Å². The summed E-state index contributed by atoms with van der Waals surface area (Å²) in [6.07, 6.45) is 0.799. The molecule has 1 aromatic rings. The molecule has 0 fully saturated rings. The van der Waals surface area contributed by atoms with Crippen molar-refractivity contribution in [3.05, 3.63) is 35.4 Å². The van der Waals surface area contributed by atoms with E-state index in [1.165, 1.54) is 10.8 Å². The van der Waals surface area contributed by atoms with Gasteiger partial charge in [0, 0.05) is 16.9 Å². The molecule has 0 aliphatic rings. The van der Waals surface area contributed by atoms with Gasteiger partial charge in [0.05, 0.1) is 0 Å². The van der Waals surface area contributed by atoms with Gasteiger partial charge in [0.15, 0.2) is 0 Å². The predicted octanol–water partition coefficient (Wildman–Crippen LogP) is 2.58. The van der Waals surface area contributed by atoms with Crippen molar-refractivity contribution in [1.29, 1.82) is 0 Å². The average molecular weight is 284 g/mol. The van der Waals surface area contributed by atoms with E-state index in [1.807, 2.05) is 24.3 Å². The minimum absolute atomic E-state index is 0.0497. The van der Waals surface area contributed by atoms with Crippen LogP contribution in [0.25, 0.3) is 0 Å². The lowest BCUT2D eigenvalue weighted by atomic mass is 10.0. The molecule has 1 amide bonds. The first-order chi connectivity index (χ1) is 8.51. The van der Waals surface area contributed by atoms with Crippen molar-refractivity contribution in [3.63, 3.8) is 0 Å². The van der Waals surface area contributed by atoms with Crippen LogP contribution in [-0.2, 0) is 4.75 Å². The summed E-state index contributed by atoms with van der Waals surface area (Å²) in [5.74, 6) is -0.0497. The van der Waals surface area contributed by atoms with Gasteiger partial charge in [0.1, 0.15) is 0 Å². The summed E-state index contributed by atoms with van der Waals surface area (Å²) in [5.41, 5.74) is 7.21. The maximum Gasteiger partial charge on any atom is 0.251 e. The molecular weight excluding hydrogens is 264 g/mol. The molecule has 0 unspecified atom stereocenters. The van der Waals surface area contributed by atoms with Gasteiger partial charge < -0.3 is 11.1 Å². The molecule has 0 heterocycles. The number of carbonyl (C=O) groups excluding carboxylic acids is 1. The highest BCUT2D eigenvalue weighted by Crippen LogP contribution is 2.37. The van der Waals surface area contributed by atoms with Crippen LogP contribution in [0.2, 0.25) is 0 Å². The van der Waals surface area contributed by atoms with Gasteiger partial charge in [-0.25, -0.2) is 0 Å². The van der Waals surface area contributed by atoms with Crippen molar-refractivity contribution in [2.75, 3.05) is 13.1 Å². The average Bonchev–Trinajstić information content (AvgIpc) is 2.39. The molecule has 0 bridgehead atoms. The zero-order chi connectivity index (χ0) is 13.6. The zero-order valence-corrected chi connectivity index (χ0v) is 12.5. The Hall–Kier alpha value is -0.650. The van der Waals surface area contributed by atoms with E-state index in [-0.39, 0.29) is 10.7 Å². The van der Waals surface area contributed by atoms with Crippen LogP contribution in [0, 0.1) is 0 Å². The van der Waals surface area contributed by atoms with Crippen molar-refractivity contribution in [2.45, 2.75) is 25.0 Å². The molecule has 0 aliphatic carbocycles. The second kappa shape index (κ2) is 7.07. The fraction of sp³-hybridized carbons (Fsp3) is 0.462. The Morgan fingerprint density at radius 2 is 2.00 bits per heavy atom. The molecule has 0 saturated heterocycles. The van der Waals surface area contributed by atoms with E-state index in [0.717, 1.165) is 12.0 Å². The fourth-order valence-corrected chi connectivity index (χ4v) is 2.04. The Bertz CT molecular complexity index is 390. The molecule has 18 heavy (non-hydrogen) atoms. The molecule has 0 aromatic heterocycles. The number of thiol groups is 1. The monoisotopic (exact) mass is 284 g/mol. The van der Waals surface area contributed by atoms with Crippen molar-refractivity contribution < 1.29 is 4.79 Å². The third-order valence-electron chi connectivity index (χ3n) is 2.74. The van der Waals surface area contributed by atoms with Crippen LogP contribution in [0.1, 0.15) is 36.2 Å². The lowest BCUT2D eigenvalue weighted by molar-refractivity contribution is 0.0953. The van der Waals surface area contributed by atoms with E-state index in [9.17, 15) is 4.79 Å². The third-order valence-corrected chi connectivity index (χ3v) is 4.80. The number of nitrogens with one attached hydrogen (secondary N) is 1. The minimum atomic E-state index is -0.0579. The number of nitrogens with two attached hydrogens (primary N) is 1. The molecule has 0 atom stereocenters. The molecule has 100 valence electrons. The van der Waals surface area contributed by atoms with Gasteiger partial charge in [-0.15, -0.1) is 11.7 Å². The van der Waals surface area contributed by atoms with Gasteiger partial charge in [0.25, 0.3) is 5.91 Å². The van der Waals surface area contributed by atoms with E-state index in [2.05, 4.69) is 30.8 Å². The van der Waals surface area contributed by atoms with Gasteiger partial charge in [-0.3, -0.25) is 4.79 Å². The molecule has 1 rings (SSSR count). The lowest BCUT2D eigenvalue weighted by Crippen LogP contribution is -2.26. The number of amides is 1. The SMILES string of the molecule is CC(C)(SS)c1ccc(C(=O)NCCCN)cc1. The Morgan fingerprint density at radius 3 is 2.50 bits per heavy atom. The van der Waals surface area contributed by atoms with Crippen LogP contribution in [0.15, 0.2) is 24.3 Å². The Kier molecular flexibility index (Phi) is 6.05. The minimum Gasteiger partial charge on any atom is -0.352 e. The van der Waals surface area contributed by atoms with E-state index in [4.69, 9.17) is 5.73 Å². The maximum absolute atomic E-state index is 11.8. The van der Waals surface area contributed by atoms with Crippen molar-refractivity contribution in [2.24, 2.45) is 5.73 Å². The quantitative estimate of drug-likeness (QED) is 0.427. The van der Waals surface area contributed by atoms with Crippen molar-refractivity contribution >= 4 is 28.4 Å². The first-order valence-electron chi connectivity index (χ1n) is 5.92. The second-order valence-electron chi connectivity index (χ2n) is 4.58. The molecule has 0 spiro atoms. The summed E-state index contributed by atoms with van der Waals surface area (Å²) >= 11 is 4.26. The summed E-state index contributed by atoms with van der Waals surface area (Å²) in [6.45, 7) is 5.41. The van der Waals surface area contributed by atoms with Crippen molar-refractivity contribution in [1.82, 2.24) is 5.32 Å². The van der Waals surface area contributed by atoms with Crippen LogP contribution >= 0.6 is 22.5 Å². The Labute approximate surface area is 118 Å². The molecular formula is C13H20N2OS2. The molecule has 0 aliphatic heterocycles. The highest BCUT2D eigenvalue weighted by molar-refractivity contribution is 8.68. The molecule has 0 radical (unpaired) electrons. The van der Waals surface area contributed by atoms with Gasteiger partial charge in [0.2, 0.25) is 0 Å². The Balaban J connectivity index is 2.68. The fourth-order valence-electron chi connectivity index (χ4n) is 1.48. The van der Waals surface area contributed by atoms with Crippen LogP contribution < -0.4 is 11.1 Å². The molecule has 3 N–H and O–H groups in total. The number of carbonyl (C=O) groups is 1. The van der Waals surface area contributed by atoms with Gasteiger partial charge in [-0.05, 0) is 44.5 Å². The maximum atomic E-state index is 11.8. The largest absolute Gasteiger partial charge is 0.352 e. The summed E-state index contributed by atoms with van der Waals surface area (Å²) in [6, 6.07) is 7.64. The Morgan fingerprint density at radius 1 is 1.39 bits per heavy atom. The molecule has 3 nitrogen and oxygen atoms in total. The first-order valence-corrected chi connectivity index (χ1v) is 7.79. The van der Waals surface area contributed by atoms with E-state index >= 15 is 0 Å². The number of benzene rings is 1. The number of hydrogen-bond donors (Lipinski definition) is 3. The molecule has 1 aromatic carbocycles. The molecule has 5 heteroatoms. The molecule has 0 saturated carbocycles. The van der Waals surface area contributed by atoms with E-state index < -0.39 is 0 Å². The van der Waals surface area contributed by atoms with E-state index in [0.29, 0.717) is 18.7 Å². The normalized spacial score (nSPS) is 11.3. The first kappa shape index (κ1) is 15.4. The topological polar surface area (TPSA) is 55.1 Å². The summed E-state index contributed by atoms with van der Waals surface area (Å²) in [5, 5.41) is 2.83. The highest BCUT2D eigenvalue weighted by Gasteiger charge is 2.19. The van der Waals surface area contributed by atoms with Gasteiger partial charge in [-0.2, -0.15) is 0 Å². The summed E-state index contributed by atoms with van der Waals surface area (Å²) < 4.78 is -0.0579. The number of hydrogen-bond acceptors (Lipinski definition) is 4. The van der Waals surface area contributed by atoms with E-state index in [1.54, 1.807) is 0 Å².